The monoisotopic (exact) mass is 342 g/mol. The van der Waals surface area contributed by atoms with E-state index < -0.39 is 4.75 Å². The van der Waals surface area contributed by atoms with Gasteiger partial charge in [0.25, 0.3) is 0 Å². The molecule has 0 unspecified atom stereocenters. The lowest BCUT2D eigenvalue weighted by atomic mass is 10.1. The van der Waals surface area contributed by atoms with Crippen molar-refractivity contribution in [1.29, 1.82) is 0 Å². The van der Waals surface area contributed by atoms with E-state index in [0.29, 0.717) is 0 Å². The molecule has 0 bridgehead atoms. The number of benzene rings is 1. The molecule has 1 aliphatic rings. The molecule has 1 aromatic carbocycles. The van der Waals surface area contributed by atoms with Gasteiger partial charge in [-0.1, -0.05) is 15.9 Å². The minimum Gasteiger partial charge on any atom is -0.339 e. The predicted octanol–water partition coefficient (Wildman–Crippen LogP) is 2.75. The van der Waals surface area contributed by atoms with Gasteiger partial charge in [0.1, 0.15) is 0 Å². The largest absolute Gasteiger partial charge is 0.339 e. The molecule has 2 rings (SSSR count). The number of carbonyl (C=O) groups excluding carboxylic acids is 1. The zero-order valence-electron chi connectivity index (χ0n) is 11.3. The fourth-order valence-electron chi connectivity index (χ4n) is 2.09. The third-order valence-electron chi connectivity index (χ3n) is 3.11. The van der Waals surface area contributed by atoms with Crippen LogP contribution in [0.4, 0.5) is 0 Å². The van der Waals surface area contributed by atoms with Gasteiger partial charge in [0.15, 0.2) is 0 Å². The third kappa shape index (κ3) is 3.97. The number of halogens is 1. The molecule has 5 heteroatoms. The van der Waals surface area contributed by atoms with Crippen molar-refractivity contribution in [3.63, 3.8) is 0 Å². The van der Waals surface area contributed by atoms with Crippen molar-refractivity contribution >= 4 is 33.6 Å². The van der Waals surface area contributed by atoms with E-state index in [1.807, 2.05) is 43.0 Å². The Bertz CT molecular complexity index is 441. The van der Waals surface area contributed by atoms with E-state index in [1.54, 1.807) is 11.8 Å². The van der Waals surface area contributed by atoms with Crippen molar-refractivity contribution < 1.29 is 4.79 Å². The average Bonchev–Trinajstić information content (AvgIpc) is 2.41. The Morgan fingerprint density at radius 1 is 1.26 bits per heavy atom. The molecule has 1 saturated heterocycles. The van der Waals surface area contributed by atoms with Gasteiger partial charge in [0.05, 0.1) is 4.75 Å². The number of amides is 1. The standard InChI is InChI=1S/C14H19BrN2OS/c1-14(2,13(18)17-9-7-16-8-10-17)19-12-5-3-11(15)4-6-12/h3-6,16H,7-10H2,1-2H3. The maximum absolute atomic E-state index is 12.6. The first-order valence-corrected chi connectivity index (χ1v) is 8.05. The number of nitrogens with one attached hydrogen (secondary N) is 1. The molecule has 0 radical (unpaired) electrons. The van der Waals surface area contributed by atoms with Crippen LogP contribution in [-0.2, 0) is 4.79 Å². The second-order valence-corrected chi connectivity index (χ2v) is 7.72. The molecule has 0 spiro atoms. The molecule has 1 heterocycles. The first-order chi connectivity index (χ1) is 8.99. The Morgan fingerprint density at radius 2 is 1.84 bits per heavy atom. The summed E-state index contributed by atoms with van der Waals surface area (Å²) in [5.41, 5.74) is 0. The fourth-order valence-corrected chi connectivity index (χ4v) is 3.43. The highest BCUT2D eigenvalue weighted by Crippen LogP contribution is 2.34. The molecule has 0 aliphatic carbocycles. The first kappa shape index (κ1) is 14.9. The molecule has 0 saturated carbocycles. The summed E-state index contributed by atoms with van der Waals surface area (Å²) >= 11 is 5.05. The Labute approximate surface area is 127 Å². The number of nitrogens with zero attached hydrogens (tertiary/aromatic N) is 1. The van der Waals surface area contributed by atoms with Gasteiger partial charge >= 0.3 is 0 Å². The Hall–Kier alpha value is -0.520. The van der Waals surface area contributed by atoms with Crippen LogP contribution in [0.15, 0.2) is 33.6 Å². The first-order valence-electron chi connectivity index (χ1n) is 6.44. The highest BCUT2D eigenvalue weighted by molar-refractivity contribution is 9.10. The minimum absolute atomic E-state index is 0.224. The summed E-state index contributed by atoms with van der Waals surface area (Å²) in [5, 5.41) is 3.27. The zero-order chi connectivity index (χ0) is 13.9. The third-order valence-corrected chi connectivity index (χ3v) is 4.83. The Kier molecular flexibility index (Phi) is 4.92. The van der Waals surface area contributed by atoms with Crippen molar-refractivity contribution in [2.24, 2.45) is 0 Å². The Balaban J connectivity index is 2.04. The molecule has 1 aliphatic heterocycles. The molecular formula is C14H19BrN2OS. The van der Waals surface area contributed by atoms with E-state index in [0.717, 1.165) is 35.5 Å². The molecule has 1 fully saturated rings. The molecule has 0 aromatic heterocycles. The fraction of sp³-hybridized carbons (Fsp3) is 0.500. The second kappa shape index (κ2) is 6.29. The van der Waals surface area contributed by atoms with Gasteiger partial charge in [-0.15, -0.1) is 11.8 Å². The van der Waals surface area contributed by atoms with Crippen LogP contribution in [0.25, 0.3) is 0 Å². The van der Waals surface area contributed by atoms with Gasteiger partial charge in [-0.2, -0.15) is 0 Å². The second-order valence-electron chi connectivity index (χ2n) is 5.11. The van der Waals surface area contributed by atoms with Crippen LogP contribution in [0, 0.1) is 0 Å². The quantitative estimate of drug-likeness (QED) is 0.857. The summed E-state index contributed by atoms with van der Waals surface area (Å²) in [7, 11) is 0. The number of rotatable bonds is 3. The van der Waals surface area contributed by atoms with Crippen LogP contribution in [0.3, 0.4) is 0 Å². The SMILES string of the molecule is CC(C)(Sc1ccc(Br)cc1)C(=O)N1CCNCC1. The molecular weight excluding hydrogens is 324 g/mol. The van der Waals surface area contributed by atoms with Crippen LogP contribution < -0.4 is 5.32 Å². The maximum atomic E-state index is 12.6. The summed E-state index contributed by atoms with van der Waals surface area (Å²) in [4.78, 5) is 15.6. The van der Waals surface area contributed by atoms with E-state index in [9.17, 15) is 4.79 Å². The molecule has 104 valence electrons. The van der Waals surface area contributed by atoms with Crippen LogP contribution in [-0.4, -0.2) is 41.7 Å². The average molecular weight is 343 g/mol. The van der Waals surface area contributed by atoms with Crippen LogP contribution in [0.5, 0.6) is 0 Å². The van der Waals surface area contributed by atoms with E-state index in [1.165, 1.54) is 0 Å². The number of carbonyl (C=O) groups is 1. The minimum atomic E-state index is -0.425. The number of piperazine rings is 1. The van der Waals surface area contributed by atoms with Gasteiger partial charge in [-0.05, 0) is 38.1 Å². The lowest BCUT2D eigenvalue weighted by Crippen LogP contribution is -2.51. The molecule has 1 N–H and O–H groups in total. The normalized spacial score (nSPS) is 16.5. The van der Waals surface area contributed by atoms with Crippen molar-refractivity contribution in [2.45, 2.75) is 23.5 Å². The van der Waals surface area contributed by atoms with Crippen molar-refractivity contribution in [3.05, 3.63) is 28.7 Å². The van der Waals surface area contributed by atoms with Crippen molar-refractivity contribution in [2.75, 3.05) is 26.2 Å². The van der Waals surface area contributed by atoms with Crippen molar-refractivity contribution in [1.82, 2.24) is 10.2 Å². The smallest absolute Gasteiger partial charge is 0.238 e. The highest BCUT2D eigenvalue weighted by atomic mass is 79.9. The molecule has 19 heavy (non-hydrogen) atoms. The molecule has 1 aromatic rings. The van der Waals surface area contributed by atoms with Crippen LogP contribution in [0.1, 0.15) is 13.8 Å². The van der Waals surface area contributed by atoms with Gasteiger partial charge in [-0.3, -0.25) is 4.79 Å². The Morgan fingerprint density at radius 3 is 2.42 bits per heavy atom. The number of hydrogen-bond acceptors (Lipinski definition) is 3. The maximum Gasteiger partial charge on any atom is 0.238 e. The molecule has 1 amide bonds. The van der Waals surface area contributed by atoms with E-state index in [4.69, 9.17) is 0 Å². The summed E-state index contributed by atoms with van der Waals surface area (Å²) in [5.74, 6) is 0.224. The number of thioether (sulfide) groups is 1. The van der Waals surface area contributed by atoms with E-state index in [-0.39, 0.29) is 5.91 Å². The summed E-state index contributed by atoms with van der Waals surface area (Å²) in [6.07, 6.45) is 0. The summed E-state index contributed by atoms with van der Waals surface area (Å²) in [6.45, 7) is 7.41. The summed E-state index contributed by atoms with van der Waals surface area (Å²) in [6, 6.07) is 8.10. The highest BCUT2D eigenvalue weighted by Gasteiger charge is 2.33. The predicted molar refractivity (Wildman–Crippen MR) is 83.5 cm³/mol. The summed E-state index contributed by atoms with van der Waals surface area (Å²) < 4.78 is 0.633. The van der Waals surface area contributed by atoms with E-state index >= 15 is 0 Å². The topological polar surface area (TPSA) is 32.3 Å². The van der Waals surface area contributed by atoms with Gasteiger partial charge in [0.2, 0.25) is 5.91 Å². The van der Waals surface area contributed by atoms with Gasteiger partial charge in [-0.25, -0.2) is 0 Å². The van der Waals surface area contributed by atoms with Crippen molar-refractivity contribution in [3.8, 4) is 0 Å². The van der Waals surface area contributed by atoms with Gasteiger partial charge < -0.3 is 10.2 Å². The van der Waals surface area contributed by atoms with Crippen LogP contribution in [0.2, 0.25) is 0 Å². The number of hydrogen-bond donors (Lipinski definition) is 1. The lowest BCUT2D eigenvalue weighted by molar-refractivity contribution is -0.133. The van der Waals surface area contributed by atoms with Crippen LogP contribution >= 0.6 is 27.7 Å². The van der Waals surface area contributed by atoms with Gasteiger partial charge in [0, 0.05) is 35.5 Å². The lowest BCUT2D eigenvalue weighted by Gasteiger charge is -2.34. The van der Waals surface area contributed by atoms with E-state index in [2.05, 4.69) is 21.2 Å². The zero-order valence-corrected chi connectivity index (χ0v) is 13.7. The molecule has 3 nitrogen and oxygen atoms in total. The molecule has 0 atom stereocenters.